The van der Waals surface area contributed by atoms with Crippen LogP contribution in [0, 0.1) is 0 Å². The zero-order valence-electron chi connectivity index (χ0n) is 20.3. The second-order valence-corrected chi connectivity index (χ2v) is 11.1. The number of hydrogen-bond acceptors (Lipinski definition) is 6. The molecule has 7 heteroatoms. The quantitative estimate of drug-likeness (QED) is 0.306. The van der Waals surface area contributed by atoms with Crippen molar-refractivity contribution in [2.45, 2.75) is 30.9 Å². The smallest absolute Gasteiger partial charge is 0.165 e. The Morgan fingerprint density at radius 2 is 1.73 bits per heavy atom. The molecule has 0 amide bonds. The Morgan fingerprint density at radius 1 is 0.946 bits per heavy atom. The lowest BCUT2D eigenvalue weighted by atomic mass is 9.63. The summed E-state index contributed by atoms with van der Waals surface area (Å²) < 4.78 is 1.83. The van der Waals surface area contributed by atoms with Crippen molar-refractivity contribution in [3.63, 3.8) is 0 Å². The van der Waals surface area contributed by atoms with Crippen molar-refractivity contribution in [3.05, 3.63) is 95.3 Å². The molecule has 1 saturated carbocycles. The topological polar surface area (TPSA) is 89.3 Å². The van der Waals surface area contributed by atoms with E-state index in [2.05, 4.69) is 58.9 Å². The van der Waals surface area contributed by atoms with E-state index in [-0.39, 0.29) is 0 Å². The number of nitrogens with zero attached hydrogens (tertiary/aromatic N) is 4. The van der Waals surface area contributed by atoms with Crippen LogP contribution in [0.1, 0.15) is 25.3 Å². The van der Waals surface area contributed by atoms with Crippen molar-refractivity contribution in [1.29, 1.82) is 0 Å². The molecule has 2 aromatic carbocycles. The average molecular weight is 504 g/mol. The van der Waals surface area contributed by atoms with Gasteiger partial charge in [0.15, 0.2) is 11.3 Å². The van der Waals surface area contributed by atoms with Crippen LogP contribution in [-0.4, -0.2) is 30.3 Å². The first-order chi connectivity index (χ1) is 17.9. The van der Waals surface area contributed by atoms with E-state index in [1.807, 2.05) is 47.3 Å². The summed E-state index contributed by atoms with van der Waals surface area (Å²) in [6.45, 7) is 1.84. The number of thiophene rings is 1. The van der Waals surface area contributed by atoms with Gasteiger partial charge >= 0.3 is 0 Å². The highest BCUT2D eigenvalue weighted by atomic mass is 32.1. The third-order valence-electron chi connectivity index (χ3n) is 7.29. The largest absolute Gasteiger partial charge is 0.390 e. The molecule has 7 rings (SSSR count). The first-order valence-corrected chi connectivity index (χ1v) is 13.2. The molecule has 6 nitrogen and oxygen atoms in total. The molecule has 1 aliphatic rings. The van der Waals surface area contributed by atoms with Gasteiger partial charge < -0.3 is 10.8 Å². The molecule has 0 aliphatic heterocycles. The normalized spacial score (nSPS) is 21.4. The van der Waals surface area contributed by atoms with Crippen LogP contribution in [0.3, 0.4) is 0 Å². The molecule has 182 valence electrons. The van der Waals surface area contributed by atoms with Crippen molar-refractivity contribution in [1.82, 2.24) is 19.6 Å². The molecule has 0 unspecified atom stereocenters. The van der Waals surface area contributed by atoms with Crippen molar-refractivity contribution in [3.8, 4) is 33.6 Å². The maximum absolute atomic E-state index is 10.3. The second-order valence-electron chi connectivity index (χ2n) is 10.3. The minimum atomic E-state index is -0.696. The van der Waals surface area contributed by atoms with Gasteiger partial charge in [-0.05, 0) is 48.4 Å². The second kappa shape index (κ2) is 8.05. The Morgan fingerprint density at radius 3 is 2.43 bits per heavy atom. The van der Waals surface area contributed by atoms with Gasteiger partial charge in [-0.25, -0.2) is 9.97 Å². The highest BCUT2D eigenvalue weighted by Gasteiger charge is 2.49. The summed E-state index contributed by atoms with van der Waals surface area (Å²) in [5.74, 6) is 0. The number of hydrogen-bond donors (Lipinski definition) is 2. The van der Waals surface area contributed by atoms with Crippen LogP contribution in [0.4, 0.5) is 0 Å². The maximum Gasteiger partial charge on any atom is 0.165 e. The van der Waals surface area contributed by atoms with E-state index in [1.165, 1.54) is 0 Å². The number of aromatic nitrogens is 4. The van der Waals surface area contributed by atoms with E-state index >= 15 is 0 Å². The third-order valence-corrected chi connectivity index (χ3v) is 7.97. The summed E-state index contributed by atoms with van der Waals surface area (Å²) >= 11 is 1.65. The minimum absolute atomic E-state index is 0.494. The van der Waals surface area contributed by atoms with E-state index in [9.17, 15) is 5.11 Å². The summed E-state index contributed by atoms with van der Waals surface area (Å²) in [5.41, 5.74) is 13.9. The van der Waals surface area contributed by atoms with Crippen LogP contribution in [0.15, 0.2) is 89.8 Å². The van der Waals surface area contributed by atoms with E-state index in [4.69, 9.17) is 15.8 Å². The number of nitrogens with two attached hydrogens (primary N) is 1. The fourth-order valence-corrected chi connectivity index (χ4v) is 6.27. The first kappa shape index (κ1) is 22.3. The zero-order chi connectivity index (χ0) is 25.2. The van der Waals surface area contributed by atoms with Gasteiger partial charge in [0.25, 0.3) is 0 Å². The highest BCUT2D eigenvalue weighted by molar-refractivity contribution is 7.08. The number of fused-ring (bicyclic) bond motifs is 3. The maximum atomic E-state index is 10.3. The standard InChI is InChI=1S/C30H25N5OS/c1-29(36)17-30(31,18-29)23-9-7-20(8-10-23)27-24(19-5-3-2-4-6-19)13-22-15-32-26-14-25(21-11-12-37-16-21)34-35(26)28(22)33-27/h2-16,36H,17-18,31H2,1H3/t29-,30+. The molecular weight excluding hydrogens is 478 g/mol. The minimum Gasteiger partial charge on any atom is -0.390 e. The summed E-state index contributed by atoms with van der Waals surface area (Å²) in [7, 11) is 0. The van der Waals surface area contributed by atoms with Crippen LogP contribution >= 0.6 is 11.3 Å². The molecule has 1 fully saturated rings. The van der Waals surface area contributed by atoms with Crippen LogP contribution in [0.5, 0.6) is 0 Å². The van der Waals surface area contributed by atoms with E-state index in [0.29, 0.717) is 12.8 Å². The van der Waals surface area contributed by atoms with Gasteiger partial charge in [-0.3, -0.25) is 0 Å². The number of benzene rings is 2. The number of rotatable bonds is 4. The predicted octanol–water partition coefficient (Wildman–Crippen LogP) is 6.04. The lowest BCUT2D eigenvalue weighted by molar-refractivity contribution is -0.0738. The van der Waals surface area contributed by atoms with Crippen LogP contribution in [-0.2, 0) is 5.54 Å². The van der Waals surface area contributed by atoms with Gasteiger partial charge in [-0.2, -0.15) is 21.0 Å². The summed E-state index contributed by atoms with van der Waals surface area (Å²) in [6, 6.07) is 24.8. The average Bonchev–Trinajstić information content (AvgIpc) is 3.58. The molecule has 6 aromatic rings. The van der Waals surface area contributed by atoms with Gasteiger partial charge in [-0.1, -0.05) is 54.6 Å². The predicted molar refractivity (Wildman–Crippen MR) is 148 cm³/mol. The molecule has 4 aromatic heterocycles. The molecule has 0 saturated heterocycles. The first-order valence-electron chi connectivity index (χ1n) is 12.3. The summed E-state index contributed by atoms with van der Waals surface area (Å²) in [5, 5.41) is 20.2. The molecule has 1 aliphatic carbocycles. The third kappa shape index (κ3) is 3.74. The molecule has 0 spiro atoms. The van der Waals surface area contributed by atoms with Crippen molar-refractivity contribution < 1.29 is 5.11 Å². The number of aliphatic hydroxyl groups is 1. The van der Waals surface area contributed by atoms with Crippen molar-refractivity contribution in [2.24, 2.45) is 5.73 Å². The lowest BCUT2D eigenvalue weighted by Gasteiger charge is -2.49. The van der Waals surface area contributed by atoms with Crippen molar-refractivity contribution in [2.75, 3.05) is 0 Å². The van der Waals surface area contributed by atoms with Gasteiger partial charge in [0.1, 0.15) is 0 Å². The fraction of sp³-hybridized carbons (Fsp3) is 0.167. The summed E-state index contributed by atoms with van der Waals surface area (Å²) in [4.78, 5) is 9.86. The molecule has 0 radical (unpaired) electrons. The van der Waals surface area contributed by atoms with E-state index < -0.39 is 11.1 Å². The van der Waals surface area contributed by atoms with Crippen LogP contribution in [0.2, 0.25) is 0 Å². The van der Waals surface area contributed by atoms with E-state index in [0.717, 1.165) is 55.9 Å². The molecule has 0 bridgehead atoms. The molecular formula is C30H25N5OS. The van der Waals surface area contributed by atoms with Gasteiger partial charge in [-0.15, -0.1) is 0 Å². The Balaban J connectivity index is 1.40. The molecule has 4 heterocycles. The van der Waals surface area contributed by atoms with Crippen LogP contribution in [0.25, 0.3) is 50.3 Å². The molecule has 0 atom stereocenters. The fourth-order valence-electron chi connectivity index (χ4n) is 5.62. The highest BCUT2D eigenvalue weighted by Crippen LogP contribution is 2.46. The Bertz CT molecular complexity index is 1750. The monoisotopic (exact) mass is 503 g/mol. The van der Waals surface area contributed by atoms with Gasteiger partial charge in [0, 0.05) is 45.3 Å². The van der Waals surface area contributed by atoms with Crippen molar-refractivity contribution >= 4 is 28.0 Å². The van der Waals surface area contributed by atoms with E-state index in [1.54, 1.807) is 11.3 Å². The molecule has 37 heavy (non-hydrogen) atoms. The Labute approximate surface area is 218 Å². The number of pyridine rings is 1. The SMILES string of the molecule is C[C@]1(O)C[C@](N)(c2ccc(-c3nc4c(cnc5cc(-c6ccsc6)nn54)cc3-c3ccccc3)cc2)C1. The van der Waals surface area contributed by atoms with Gasteiger partial charge in [0.2, 0.25) is 0 Å². The Kier molecular flexibility index (Phi) is 4.85. The molecule has 3 N–H and O–H groups in total. The van der Waals surface area contributed by atoms with Gasteiger partial charge in [0.05, 0.1) is 17.0 Å². The van der Waals surface area contributed by atoms with Crippen LogP contribution < -0.4 is 5.73 Å². The summed E-state index contributed by atoms with van der Waals surface area (Å²) in [6.07, 6.45) is 2.98. The zero-order valence-corrected chi connectivity index (χ0v) is 21.1. The lowest BCUT2D eigenvalue weighted by Crippen LogP contribution is -2.58. The Hall–Kier alpha value is -3.91.